The lowest BCUT2D eigenvalue weighted by atomic mass is 10.2. The van der Waals surface area contributed by atoms with Crippen molar-refractivity contribution in [3.63, 3.8) is 0 Å². The van der Waals surface area contributed by atoms with Gasteiger partial charge >= 0.3 is 5.97 Å². The van der Waals surface area contributed by atoms with Gasteiger partial charge in [0.1, 0.15) is 17.8 Å². The second kappa shape index (κ2) is 4.78. The number of nitrogens with zero attached hydrogens (tertiary/aromatic N) is 1. The van der Waals surface area contributed by atoms with Crippen LogP contribution in [0.1, 0.15) is 12.3 Å². The molecule has 0 unspecified atom stereocenters. The van der Waals surface area contributed by atoms with E-state index in [-0.39, 0.29) is 18.7 Å². The van der Waals surface area contributed by atoms with Crippen molar-refractivity contribution in [1.82, 2.24) is 4.98 Å². The number of carboxylic acid groups (broad SMARTS) is 1. The predicted molar refractivity (Wildman–Crippen MR) is 57.9 cm³/mol. The van der Waals surface area contributed by atoms with Gasteiger partial charge in [-0.2, -0.15) is 0 Å². The van der Waals surface area contributed by atoms with Gasteiger partial charge in [0.05, 0.1) is 6.42 Å². The Balaban J connectivity index is 2.12. The summed E-state index contributed by atoms with van der Waals surface area (Å²) >= 11 is 0. The molecule has 0 radical (unpaired) electrons. The van der Waals surface area contributed by atoms with Gasteiger partial charge < -0.3 is 9.52 Å². The molecule has 0 saturated heterocycles. The Hall–Kier alpha value is -2.17. The molecule has 1 aromatic heterocycles. The smallest absolute Gasteiger partial charge is 0.303 e. The van der Waals surface area contributed by atoms with E-state index in [0.29, 0.717) is 11.6 Å². The number of aliphatic carboxylic acids is 1. The van der Waals surface area contributed by atoms with Crippen LogP contribution < -0.4 is 0 Å². The SMILES string of the molecule is O=C(O)CCc1nc(-c2ccc(F)cc2)co1. The van der Waals surface area contributed by atoms with Crippen LogP contribution in [-0.2, 0) is 11.2 Å². The Bertz CT molecular complexity index is 519. The minimum atomic E-state index is -0.897. The lowest BCUT2D eigenvalue weighted by Gasteiger charge is -1.94. The van der Waals surface area contributed by atoms with E-state index < -0.39 is 5.97 Å². The van der Waals surface area contributed by atoms with Crippen molar-refractivity contribution >= 4 is 5.97 Å². The molecule has 1 heterocycles. The first-order chi connectivity index (χ1) is 8.15. The highest BCUT2D eigenvalue weighted by Crippen LogP contribution is 2.19. The first kappa shape index (κ1) is 11.3. The summed E-state index contributed by atoms with van der Waals surface area (Å²) in [6.07, 6.45) is 1.66. The lowest BCUT2D eigenvalue weighted by molar-refractivity contribution is -0.137. The van der Waals surface area contributed by atoms with Gasteiger partial charge in [-0.25, -0.2) is 9.37 Å². The van der Waals surface area contributed by atoms with Crippen molar-refractivity contribution in [1.29, 1.82) is 0 Å². The van der Waals surface area contributed by atoms with Crippen molar-refractivity contribution in [2.45, 2.75) is 12.8 Å². The normalized spacial score (nSPS) is 10.4. The van der Waals surface area contributed by atoms with E-state index >= 15 is 0 Å². The van der Waals surface area contributed by atoms with Crippen molar-refractivity contribution in [3.05, 3.63) is 42.2 Å². The summed E-state index contributed by atoms with van der Waals surface area (Å²) in [5, 5.41) is 8.52. The minimum absolute atomic E-state index is 0.0244. The molecule has 0 bridgehead atoms. The average molecular weight is 235 g/mol. The van der Waals surface area contributed by atoms with Gasteiger partial charge in [-0.15, -0.1) is 0 Å². The number of carboxylic acids is 1. The van der Waals surface area contributed by atoms with E-state index in [1.165, 1.54) is 18.4 Å². The molecule has 5 heteroatoms. The van der Waals surface area contributed by atoms with Gasteiger partial charge in [0.2, 0.25) is 0 Å². The summed E-state index contributed by atoms with van der Waals surface area (Å²) in [5.74, 6) is -0.846. The van der Waals surface area contributed by atoms with Crippen molar-refractivity contribution in [2.24, 2.45) is 0 Å². The number of aromatic nitrogens is 1. The number of hydrogen-bond acceptors (Lipinski definition) is 3. The first-order valence-corrected chi connectivity index (χ1v) is 5.07. The maximum absolute atomic E-state index is 12.7. The molecule has 2 rings (SSSR count). The van der Waals surface area contributed by atoms with Crippen molar-refractivity contribution in [3.8, 4) is 11.3 Å². The monoisotopic (exact) mass is 235 g/mol. The summed E-state index contributed by atoms with van der Waals surface area (Å²) in [4.78, 5) is 14.5. The second-order valence-corrected chi connectivity index (χ2v) is 3.53. The van der Waals surface area contributed by atoms with Crippen LogP contribution in [0, 0.1) is 5.82 Å². The van der Waals surface area contributed by atoms with E-state index in [9.17, 15) is 9.18 Å². The summed E-state index contributed by atoms with van der Waals surface area (Å²) < 4.78 is 17.8. The number of halogens is 1. The molecule has 0 amide bonds. The van der Waals surface area contributed by atoms with Gasteiger partial charge in [0.25, 0.3) is 0 Å². The van der Waals surface area contributed by atoms with E-state index in [1.54, 1.807) is 12.1 Å². The number of rotatable bonds is 4. The van der Waals surface area contributed by atoms with Crippen LogP contribution in [0.5, 0.6) is 0 Å². The standard InChI is InChI=1S/C12H10FNO3/c13-9-3-1-8(2-4-9)10-7-17-11(14-10)5-6-12(15)16/h1-4,7H,5-6H2,(H,15,16). The van der Waals surface area contributed by atoms with Crippen LogP contribution in [0.25, 0.3) is 11.3 Å². The summed E-state index contributed by atoms with van der Waals surface area (Å²) in [6, 6.07) is 5.85. The third kappa shape index (κ3) is 2.90. The number of carbonyl (C=O) groups is 1. The minimum Gasteiger partial charge on any atom is -0.481 e. The van der Waals surface area contributed by atoms with Crippen LogP contribution in [0.2, 0.25) is 0 Å². The Kier molecular flexibility index (Phi) is 3.18. The number of benzene rings is 1. The highest BCUT2D eigenvalue weighted by Gasteiger charge is 2.08. The lowest BCUT2D eigenvalue weighted by Crippen LogP contribution is -1.97. The maximum atomic E-state index is 12.7. The zero-order valence-corrected chi connectivity index (χ0v) is 8.89. The number of hydrogen-bond donors (Lipinski definition) is 1. The third-order valence-electron chi connectivity index (χ3n) is 2.24. The molecular formula is C12H10FNO3. The molecule has 0 atom stereocenters. The van der Waals surface area contributed by atoms with Crippen LogP contribution >= 0.6 is 0 Å². The fraction of sp³-hybridized carbons (Fsp3) is 0.167. The van der Waals surface area contributed by atoms with Crippen molar-refractivity contribution in [2.75, 3.05) is 0 Å². The van der Waals surface area contributed by atoms with E-state index in [0.717, 1.165) is 5.56 Å². The first-order valence-electron chi connectivity index (χ1n) is 5.07. The molecule has 2 aromatic rings. The maximum Gasteiger partial charge on any atom is 0.303 e. The van der Waals surface area contributed by atoms with E-state index in [1.807, 2.05) is 0 Å². The van der Waals surface area contributed by atoms with Gasteiger partial charge in [-0.1, -0.05) is 0 Å². The Morgan fingerprint density at radius 1 is 1.35 bits per heavy atom. The van der Waals surface area contributed by atoms with E-state index in [4.69, 9.17) is 9.52 Å². The predicted octanol–water partition coefficient (Wildman–Crippen LogP) is 2.50. The molecule has 4 nitrogen and oxygen atoms in total. The molecular weight excluding hydrogens is 225 g/mol. The van der Waals surface area contributed by atoms with Crippen molar-refractivity contribution < 1.29 is 18.7 Å². The Labute approximate surface area is 96.7 Å². The molecule has 0 spiro atoms. The molecule has 88 valence electrons. The van der Waals surface area contributed by atoms with Gasteiger partial charge in [-0.3, -0.25) is 4.79 Å². The molecule has 0 saturated carbocycles. The summed E-state index contributed by atoms with van der Waals surface area (Å²) in [6.45, 7) is 0. The zero-order valence-electron chi connectivity index (χ0n) is 8.89. The molecule has 1 N–H and O–H groups in total. The molecule has 0 aliphatic heterocycles. The van der Waals surface area contributed by atoms with Crippen LogP contribution in [0.4, 0.5) is 4.39 Å². The molecule has 0 aliphatic carbocycles. The molecule has 1 aromatic carbocycles. The quantitative estimate of drug-likeness (QED) is 0.884. The highest BCUT2D eigenvalue weighted by molar-refractivity contribution is 5.67. The second-order valence-electron chi connectivity index (χ2n) is 3.53. The number of oxazole rings is 1. The largest absolute Gasteiger partial charge is 0.481 e. The van der Waals surface area contributed by atoms with Crippen LogP contribution in [0.15, 0.2) is 34.9 Å². The number of aryl methyl sites for hydroxylation is 1. The molecule has 0 aliphatic rings. The van der Waals surface area contributed by atoms with Crippen LogP contribution in [0.3, 0.4) is 0 Å². The average Bonchev–Trinajstić information content (AvgIpc) is 2.76. The van der Waals surface area contributed by atoms with E-state index in [2.05, 4.69) is 4.98 Å². The fourth-order valence-electron chi connectivity index (χ4n) is 1.39. The topological polar surface area (TPSA) is 63.3 Å². The zero-order chi connectivity index (χ0) is 12.3. The Morgan fingerprint density at radius 3 is 2.71 bits per heavy atom. The molecule has 0 fully saturated rings. The fourth-order valence-corrected chi connectivity index (χ4v) is 1.39. The molecule has 17 heavy (non-hydrogen) atoms. The van der Waals surface area contributed by atoms with Crippen LogP contribution in [-0.4, -0.2) is 16.1 Å². The van der Waals surface area contributed by atoms with Gasteiger partial charge in [0.15, 0.2) is 5.89 Å². The van der Waals surface area contributed by atoms with Gasteiger partial charge in [0, 0.05) is 12.0 Å². The summed E-state index contributed by atoms with van der Waals surface area (Å²) in [5.41, 5.74) is 1.31. The summed E-state index contributed by atoms with van der Waals surface area (Å²) in [7, 11) is 0. The highest BCUT2D eigenvalue weighted by atomic mass is 19.1. The Morgan fingerprint density at radius 2 is 2.06 bits per heavy atom. The van der Waals surface area contributed by atoms with Gasteiger partial charge in [-0.05, 0) is 24.3 Å². The third-order valence-corrected chi connectivity index (χ3v) is 2.24.